The number of ether oxygens (including phenoxy) is 1. The molecule has 0 aromatic heterocycles. The Bertz CT molecular complexity index is 875. The molecule has 0 amide bonds. The van der Waals surface area contributed by atoms with E-state index in [2.05, 4.69) is 15.9 Å². The smallest absolute Gasteiger partial charge is 0.417 e. The standard InChI is InChI=1S/C18H15BrF4N2O/c1-26-14-7-10(18(21,22)23)8-25-9-17(24-16(14)25)6-2-3-11-12(17)4-5-13(19)15(11)20/h4-5,7-8H,2-3,6,9H2,1H3/t17-/m1/s1. The number of halogens is 5. The van der Waals surface area contributed by atoms with Gasteiger partial charge in [-0.15, -0.1) is 0 Å². The van der Waals surface area contributed by atoms with Crippen LogP contribution in [0.2, 0.25) is 0 Å². The van der Waals surface area contributed by atoms with E-state index < -0.39 is 17.3 Å². The molecule has 0 N–H and O–H groups in total. The highest BCUT2D eigenvalue weighted by Crippen LogP contribution is 2.46. The summed E-state index contributed by atoms with van der Waals surface area (Å²) in [6.45, 7) is 0.233. The lowest BCUT2D eigenvalue weighted by Gasteiger charge is -2.34. The molecular weight excluding hydrogens is 416 g/mol. The largest absolute Gasteiger partial charge is 0.493 e. The predicted octanol–water partition coefficient (Wildman–Crippen LogP) is 4.82. The van der Waals surface area contributed by atoms with Crippen molar-refractivity contribution < 1.29 is 22.3 Å². The Morgan fingerprint density at radius 2 is 2.08 bits per heavy atom. The summed E-state index contributed by atoms with van der Waals surface area (Å²) in [5.74, 6) is 0.110. The number of amidine groups is 1. The van der Waals surface area contributed by atoms with Crippen molar-refractivity contribution in [2.45, 2.75) is 31.0 Å². The predicted molar refractivity (Wildman–Crippen MR) is 92.1 cm³/mol. The maximum atomic E-state index is 14.5. The number of nitrogens with zero attached hydrogens (tertiary/aromatic N) is 2. The van der Waals surface area contributed by atoms with Crippen LogP contribution in [-0.2, 0) is 16.7 Å². The molecule has 138 valence electrons. The van der Waals surface area contributed by atoms with E-state index in [0.717, 1.165) is 17.8 Å². The molecule has 0 radical (unpaired) electrons. The zero-order valence-corrected chi connectivity index (χ0v) is 15.4. The lowest BCUT2D eigenvalue weighted by atomic mass is 9.77. The second-order valence-corrected chi connectivity index (χ2v) is 7.49. The lowest BCUT2D eigenvalue weighted by Crippen LogP contribution is -2.36. The van der Waals surface area contributed by atoms with E-state index in [0.29, 0.717) is 35.1 Å². The van der Waals surface area contributed by atoms with Gasteiger partial charge in [-0.05, 0) is 58.5 Å². The van der Waals surface area contributed by atoms with Crippen LogP contribution in [0, 0.1) is 5.82 Å². The molecule has 0 unspecified atom stereocenters. The van der Waals surface area contributed by atoms with Gasteiger partial charge in [-0.25, -0.2) is 4.39 Å². The average molecular weight is 431 g/mol. The van der Waals surface area contributed by atoms with E-state index in [1.807, 2.05) is 6.07 Å². The first kappa shape index (κ1) is 17.6. The summed E-state index contributed by atoms with van der Waals surface area (Å²) in [7, 11) is 1.32. The first-order chi connectivity index (χ1) is 12.2. The van der Waals surface area contributed by atoms with Crippen molar-refractivity contribution in [3.05, 3.63) is 57.2 Å². The summed E-state index contributed by atoms with van der Waals surface area (Å²) in [5, 5.41) is 0. The molecule has 26 heavy (non-hydrogen) atoms. The van der Waals surface area contributed by atoms with Gasteiger partial charge in [0.25, 0.3) is 0 Å². The second-order valence-electron chi connectivity index (χ2n) is 6.63. The van der Waals surface area contributed by atoms with Crippen LogP contribution in [0.15, 0.2) is 45.2 Å². The maximum absolute atomic E-state index is 14.5. The van der Waals surface area contributed by atoms with Crippen LogP contribution >= 0.6 is 15.9 Å². The molecule has 3 aliphatic rings. The number of rotatable bonds is 1. The number of methoxy groups -OCH3 is 1. The molecule has 1 spiro atoms. The third-order valence-electron chi connectivity index (χ3n) is 5.09. The van der Waals surface area contributed by atoms with Gasteiger partial charge in [0.2, 0.25) is 0 Å². The Balaban J connectivity index is 1.83. The van der Waals surface area contributed by atoms with Crippen molar-refractivity contribution in [2.75, 3.05) is 13.7 Å². The van der Waals surface area contributed by atoms with E-state index in [1.165, 1.54) is 12.0 Å². The molecule has 0 saturated heterocycles. The molecular formula is C18H15BrF4N2O. The monoisotopic (exact) mass is 430 g/mol. The van der Waals surface area contributed by atoms with Crippen molar-refractivity contribution in [3.63, 3.8) is 0 Å². The van der Waals surface area contributed by atoms with E-state index in [9.17, 15) is 17.6 Å². The molecule has 8 heteroatoms. The number of alkyl halides is 3. The molecule has 0 fully saturated rings. The van der Waals surface area contributed by atoms with E-state index in [-0.39, 0.29) is 18.1 Å². The van der Waals surface area contributed by atoms with E-state index >= 15 is 0 Å². The first-order valence-electron chi connectivity index (χ1n) is 8.14. The van der Waals surface area contributed by atoms with Crippen molar-refractivity contribution in [2.24, 2.45) is 4.99 Å². The fraction of sp³-hybridized carbons (Fsp3) is 0.389. The minimum absolute atomic E-state index is 0.0707. The van der Waals surface area contributed by atoms with Crippen LogP contribution in [0.4, 0.5) is 17.6 Å². The summed E-state index contributed by atoms with van der Waals surface area (Å²) in [5.41, 5.74) is -0.232. The van der Waals surface area contributed by atoms with E-state index in [1.54, 1.807) is 6.07 Å². The highest BCUT2D eigenvalue weighted by Gasteiger charge is 2.47. The molecule has 2 aliphatic heterocycles. The Labute approximate surface area is 156 Å². The van der Waals surface area contributed by atoms with Gasteiger partial charge in [-0.3, -0.25) is 4.99 Å². The Kier molecular flexibility index (Phi) is 3.95. The van der Waals surface area contributed by atoms with Crippen molar-refractivity contribution in [1.82, 2.24) is 4.90 Å². The minimum Gasteiger partial charge on any atom is -0.493 e. The number of allylic oxidation sites excluding steroid dienone is 2. The average Bonchev–Trinajstić information content (AvgIpc) is 2.95. The lowest BCUT2D eigenvalue weighted by molar-refractivity contribution is -0.0894. The summed E-state index contributed by atoms with van der Waals surface area (Å²) in [6.07, 6.45) is -0.518. The fourth-order valence-electron chi connectivity index (χ4n) is 3.92. The van der Waals surface area contributed by atoms with Gasteiger partial charge in [0.15, 0.2) is 11.6 Å². The Morgan fingerprint density at radius 3 is 2.77 bits per heavy atom. The zero-order chi connectivity index (χ0) is 18.7. The number of fused-ring (bicyclic) bond motifs is 3. The molecule has 1 atom stereocenters. The Morgan fingerprint density at radius 1 is 1.31 bits per heavy atom. The van der Waals surface area contributed by atoms with Gasteiger partial charge in [0.05, 0.1) is 23.7 Å². The SMILES string of the molecule is COC1=CC(C(F)(F)F)=CN2C[C@@]3(CCCc4c3ccc(Br)c4F)N=C12. The molecule has 1 aromatic rings. The summed E-state index contributed by atoms with van der Waals surface area (Å²) in [6, 6.07) is 3.44. The Hall–Kier alpha value is -1.83. The van der Waals surface area contributed by atoms with Crippen LogP contribution < -0.4 is 0 Å². The molecule has 2 heterocycles. The van der Waals surface area contributed by atoms with Gasteiger partial charge in [-0.2, -0.15) is 13.2 Å². The molecule has 1 aromatic carbocycles. The van der Waals surface area contributed by atoms with Gasteiger partial charge in [0, 0.05) is 6.20 Å². The van der Waals surface area contributed by atoms with Crippen molar-refractivity contribution >= 4 is 21.8 Å². The number of benzene rings is 1. The van der Waals surface area contributed by atoms with Crippen LogP contribution in [0.1, 0.15) is 24.0 Å². The van der Waals surface area contributed by atoms with Crippen LogP contribution in [0.5, 0.6) is 0 Å². The van der Waals surface area contributed by atoms with Crippen LogP contribution in [0.25, 0.3) is 0 Å². The molecule has 4 rings (SSSR count). The van der Waals surface area contributed by atoms with Crippen molar-refractivity contribution in [1.29, 1.82) is 0 Å². The number of hydrogen-bond donors (Lipinski definition) is 0. The summed E-state index contributed by atoms with van der Waals surface area (Å²) < 4.78 is 59.7. The van der Waals surface area contributed by atoms with Crippen molar-refractivity contribution in [3.8, 4) is 0 Å². The van der Waals surface area contributed by atoms with Gasteiger partial charge in [-0.1, -0.05) is 6.07 Å². The first-order valence-corrected chi connectivity index (χ1v) is 8.93. The molecule has 0 bridgehead atoms. The number of aliphatic imine (C=N–C) groups is 1. The molecule has 1 aliphatic carbocycles. The zero-order valence-electron chi connectivity index (χ0n) is 13.8. The van der Waals surface area contributed by atoms with Gasteiger partial charge < -0.3 is 9.64 Å². The summed E-state index contributed by atoms with van der Waals surface area (Å²) >= 11 is 3.20. The summed E-state index contributed by atoms with van der Waals surface area (Å²) in [4.78, 5) is 6.21. The van der Waals surface area contributed by atoms with Crippen LogP contribution in [-0.4, -0.2) is 30.6 Å². The van der Waals surface area contributed by atoms with Gasteiger partial charge >= 0.3 is 6.18 Å². The highest BCUT2D eigenvalue weighted by molar-refractivity contribution is 9.10. The highest BCUT2D eigenvalue weighted by atomic mass is 79.9. The molecule has 3 nitrogen and oxygen atoms in total. The number of hydrogen-bond acceptors (Lipinski definition) is 3. The normalized spacial score (nSPS) is 24.7. The topological polar surface area (TPSA) is 24.8 Å². The minimum atomic E-state index is -4.48. The quantitative estimate of drug-likeness (QED) is 0.596. The second kappa shape index (κ2) is 5.84. The third-order valence-corrected chi connectivity index (χ3v) is 5.70. The maximum Gasteiger partial charge on any atom is 0.417 e. The van der Waals surface area contributed by atoms with E-state index in [4.69, 9.17) is 9.73 Å². The molecule has 0 saturated carbocycles. The fourth-order valence-corrected chi connectivity index (χ4v) is 4.30. The third kappa shape index (κ3) is 2.57. The van der Waals surface area contributed by atoms with Crippen LogP contribution in [0.3, 0.4) is 0 Å². The van der Waals surface area contributed by atoms with Gasteiger partial charge in [0.1, 0.15) is 11.4 Å².